The SMILES string of the molecule is Cl.O=C1Cc2ccccc2C1. The molecule has 58 valence electrons. The number of fused-ring (bicyclic) bond motifs is 1. The van der Waals surface area contributed by atoms with E-state index in [1.54, 1.807) is 0 Å². The van der Waals surface area contributed by atoms with Crippen molar-refractivity contribution in [3.05, 3.63) is 35.4 Å². The van der Waals surface area contributed by atoms with Crippen LogP contribution in [0.1, 0.15) is 11.1 Å². The van der Waals surface area contributed by atoms with Crippen molar-refractivity contribution < 1.29 is 4.79 Å². The fourth-order valence-corrected chi connectivity index (χ4v) is 1.39. The lowest BCUT2D eigenvalue weighted by atomic mass is 10.1. The standard InChI is InChI=1S/C9H8O.ClH/c10-9-5-7-3-1-2-4-8(7)6-9;/h1-4H,5-6H2;1H. The van der Waals surface area contributed by atoms with Gasteiger partial charge in [0.25, 0.3) is 0 Å². The summed E-state index contributed by atoms with van der Waals surface area (Å²) < 4.78 is 0. The lowest BCUT2D eigenvalue weighted by molar-refractivity contribution is -0.117. The summed E-state index contributed by atoms with van der Waals surface area (Å²) in [6.07, 6.45) is 1.30. The minimum Gasteiger partial charge on any atom is -0.299 e. The maximum atomic E-state index is 10.9. The molecule has 1 aliphatic carbocycles. The van der Waals surface area contributed by atoms with Crippen molar-refractivity contribution in [2.24, 2.45) is 0 Å². The van der Waals surface area contributed by atoms with Gasteiger partial charge in [-0.25, -0.2) is 0 Å². The summed E-state index contributed by atoms with van der Waals surface area (Å²) in [5, 5.41) is 0. The Labute approximate surface area is 71.8 Å². The minimum absolute atomic E-state index is 0. The lowest BCUT2D eigenvalue weighted by Gasteiger charge is -1.91. The van der Waals surface area contributed by atoms with Gasteiger partial charge in [-0.15, -0.1) is 12.4 Å². The first-order valence-corrected chi connectivity index (χ1v) is 3.45. The van der Waals surface area contributed by atoms with Crippen LogP contribution in [0.5, 0.6) is 0 Å². The smallest absolute Gasteiger partial charge is 0.141 e. The third-order valence-electron chi connectivity index (χ3n) is 1.89. The van der Waals surface area contributed by atoms with Crippen LogP contribution in [-0.4, -0.2) is 5.78 Å². The molecular formula is C9H9ClO. The van der Waals surface area contributed by atoms with Gasteiger partial charge in [-0.3, -0.25) is 4.79 Å². The molecular weight excluding hydrogens is 160 g/mol. The number of hydrogen-bond donors (Lipinski definition) is 0. The van der Waals surface area contributed by atoms with E-state index < -0.39 is 0 Å². The van der Waals surface area contributed by atoms with Crippen LogP contribution < -0.4 is 0 Å². The number of carbonyl (C=O) groups excluding carboxylic acids is 1. The first kappa shape index (κ1) is 8.28. The molecule has 0 saturated heterocycles. The molecule has 1 aromatic rings. The Kier molecular flexibility index (Phi) is 2.30. The number of halogens is 1. The van der Waals surface area contributed by atoms with E-state index in [1.807, 2.05) is 24.3 Å². The summed E-state index contributed by atoms with van der Waals surface area (Å²) in [6, 6.07) is 8.02. The van der Waals surface area contributed by atoms with E-state index in [-0.39, 0.29) is 12.4 Å². The monoisotopic (exact) mass is 168 g/mol. The van der Waals surface area contributed by atoms with Crippen LogP contribution in [0.25, 0.3) is 0 Å². The van der Waals surface area contributed by atoms with E-state index in [0.29, 0.717) is 18.6 Å². The zero-order valence-corrected chi connectivity index (χ0v) is 6.86. The number of carbonyl (C=O) groups is 1. The molecule has 0 spiro atoms. The highest BCUT2D eigenvalue weighted by Crippen LogP contribution is 2.17. The average molecular weight is 169 g/mol. The molecule has 0 fully saturated rings. The van der Waals surface area contributed by atoms with Crippen LogP contribution in [0.3, 0.4) is 0 Å². The molecule has 2 heteroatoms. The molecule has 1 aliphatic rings. The Morgan fingerprint density at radius 1 is 1.00 bits per heavy atom. The lowest BCUT2D eigenvalue weighted by Crippen LogP contribution is -1.92. The molecule has 0 atom stereocenters. The summed E-state index contributed by atoms with van der Waals surface area (Å²) in [6.45, 7) is 0. The van der Waals surface area contributed by atoms with Crippen LogP contribution >= 0.6 is 12.4 Å². The van der Waals surface area contributed by atoms with Crippen LogP contribution in [0.15, 0.2) is 24.3 Å². The zero-order chi connectivity index (χ0) is 6.97. The Balaban J connectivity index is 0.000000605. The number of hydrogen-bond acceptors (Lipinski definition) is 1. The fraction of sp³-hybridized carbons (Fsp3) is 0.222. The van der Waals surface area contributed by atoms with Crippen LogP contribution in [0.4, 0.5) is 0 Å². The highest BCUT2D eigenvalue weighted by molar-refractivity contribution is 5.87. The third kappa shape index (κ3) is 1.43. The second-order valence-corrected chi connectivity index (χ2v) is 2.66. The number of ketones is 1. The van der Waals surface area contributed by atoms with E-state index in [0.717, 1.165) is 0 Å². The fourth-order valence-electron chi connectivity index (χ4n) is 1.39. The van der Waals surface area contributed by atoms with E-state index in [9.17, 15) is 4.79 Å². The maximum absolute atomic E-state index is 10.9. The van der Waals surface area contributed by atoms with Crippen molar-refractivity contribution >= 4 is 18.2 Å². The van der Waals surface area contributed by atoms with E-state index in [1.165, 1.54) is 11.1 Å². The van der Waals surface area contributed by atoms with Crippen molar-refractivity contribution in [1.29, 1.82) is 0 Å². The zero-order valence-electron chi connectivity index (χ0n) is 6.04. The summed E-state index contributed by atoms with van der Waals surface area (Å²) in [5.74, 6) is 0.348. The molecule has 0 radical (unpaired) electrons. The van der Waals surface area contributed by atoms with Gasteiger partial charge in [-0.05, 0) is 11.1 Å². The minimum atomic E-state index is 0. The van der Waals surface area contributed by atoms with Gasteiger partial charge in [0.2, 0.25) is 0 Å². The maximum Gasteiger partial charge on any atom is 0.141 e. The third-order valence-corrected chi connectivity index (χ3v) is 1.89. The molecule has 0 heterocycles. The van der Waals surface area contributed by atoms with Gasteiger partial charge in [0.15, 0.2) is 0 Å². The summed E-state index contributed by atoms with van der Waals surface area (Å²) in [5.41, 5.74) is 2.43. The first-order valence-electron chi connectivity index (χ1n) is 3.45. The average Bonchev–Trinajstić information content (AvgIpc) is 2.27. The molecule has 0 unspecified atom stereocenters. The van der Waals surface area contributed by atoms with Gasteiger partial charge in [0, 0.05) is 12.8 Å². The van der Waals surface area contributed by atoms with Crippen molar-refractivity contribution in [1.82, 2.24) is 0 Å². The molecule has 0 N–H and O–H groups in total. The first-order chi connectivity index (χ1) is 4.86. The van der Waals surface area contributed by atoms with E-state index in [2.05, 4.69) is 0 Å². The molecule has 0 aromatic heterocycles. The summed E-state index contributed by atoms with van der Waals surface area (Å²) in [4.78, 5) is 10.9. The predicted octanol–water partition coefficient (Wildman–Crippen LogP) is 1.78. The Bertz CT molecular complexity index is 254. The summed E-state index contributed by atoms with van der Waals surface area (Å²) >= 11 is 0. The van der Waals surface area contributed by atoms with Crippen molar-refractivity contribution in [2.45, 2.75) is 12.8 Å². The molecule has 1 aromatic carbocycles. The topological polar surface area (TPSA) is 17.1 Å². The second-order valence-electron chi connectivity index (χ2n) is 2.66. The molecule has 0 bridgehead atoms. The molecule has 0 saturated carbocycles. The molecule has 2 rings (SSSR count). The van der Waals surface area contributed by atoms with Gasteiger partial charge in [-0.2, -0.15) is 0 Å². The normalized spacial score (nSPS) is 14.0. The van der Waals surface area contributed by atoms with Crippen molar-refractivity contribution in [3.63, 3.8) is 0 Å². The Hall–Kier alpha value is -0.820. The van der Waals surface area contributed by atoms with Crippen LogP contribution in [0, 0.1) is 0 Å². The Morgan fingerprint density at radius 2 is 1.45 bits per heavy atom. The van der Waals surface area contributed by atoms with Gasteiger partial charge < -0.3 is 0 Å². The molecule has 0 amide bonds. The van der Waals surface area contributed by atoms with Crippen molar-refractivity contribution in [3.8, 4) is 0 Å². The number of rotatable bonds is 0. The van der Waals surface area contributed by atoms with E-state index in [4.69, 9.17) is 0 Å². The van der Waals surface area contributed by atoms with Gasteiger partial charge in [0.1, 0.15) is 5.78 Å². The summed E-state index contributed by atoms with van der Waals surface area (Å²) in [7, 11) is 0. The highest BCUT2D eigenvalue weighted by Gasteiger charge is 2.16. The molecule has 0 aliphatic heterocycles. The van der Waals surface area contributed by atoms with Crippen LogP contribution in [-0.2, 0) is 17.6 Å². The second kappa shape index (κ2) is 3.05. The van der Waals surface area contributed by atoms with E-state index >= 15 is 0 Å². The van der Waals surface area contributed by atoms with Gasteiger partial charge in [0.05, 0.1) is 0 Å². The predicted molar refractivity (Wildman–Crippen MR) is 46.1 cm³/mol. The number of benzene rings is 1. The highest BCUT2D eigenvalue weighted by atomic mass is 35.5. The van der Waals surface area contributed by atoms with Crippen molar-refractivity contribution in [2.75, 3.05) is 0 Å². The van der Waals surface area contributed by atoms with Crippen LogP contribution in [0.2, 0.25) is 0 Å². The molecule has 11 heavy (non-hydrogen) atoms. The quantitative estimate of drug-likeness (QED) is 0.577. The number of Topliss-reactive ketones (excluding diaryl/α,β-unsaturated/α-hetero) is 1. The van der Waals surface area contributed by atoms with Gasteiger partial charge >= 0.3 is 0 Å². The molecule has 1 nitrogen and oxygen atoms in total. The largest absolute Gasteiger partial charge is 0.299 e. The van der Waals surface area contributed by atoms with Gasteiger partial charge in [-0.1, -0.05) is 24.3 Å². The Morgan fingerprint density at radius 3 is 1.91 bits per heavy atom.